The second-order valence-electron chi connectivity index (χ2n) is 6.19. The predicted molar refractivity (Wildman–Crippen MR) is 85.5 cm³/mol. The Morgan fingerprint density at radius 1 is 0.714 bits per heavy atom. The Hall–Kier alpha value is -0.920. The zero-order chi connectivity index (χ0) is 20.6. The second-order valence-corrected chi connectivity index (χ2v) is 6.19. The fraction of sp³-hybridized carbons (Fsp3) is 0.875. The van der Waals surface area contributed by atoms with Gasteiger partial charge in [-0.3, -0.25) is 9.80 Å². The van der Waals surface area contributed by atoms with Crippen LogP contribution in [0.5, 0.6) is 0 Å². The van der Waals surface area contributed by atoms with Gasteiger partial charge in [-0.1, -0.05) is 12.2 Å². The van der Waals surface area contributed by atoms with Crippen molar-refractivity contribution in [2.45, 2.75) is 24.8 Å². The summed E-state index contributed by atoms with van der Waals surface area (Å²) in [6.07, 6.45) is -11.5. The molecular formula is C16H24F6N2O4. The number of nitrogens with zero attached hydrogens (tertiary/aromatic N) is 2. The lowest BCUT2D eigenvalue weighted by atomic mass is 10.4. The van der Waals surface area contributed by atoms with Crippen LogP contribution in [-0.4, -0.2) is 100 Å². The Bertz CT molecular complexity index is 446. The summed E-state index contributed by atoms with van der Waals surface area (Å²) in [5.74, 6) is 0. The molecule has 164 valence electrons. The summed E-state index contributed by atoms with van der Waals surface area (Å²) in [5, 5.41) is 0. The van der Waals surface area contributed by atoms with Gasteiger partial charge in [-0.2, -0.15) is 17.6 Å². The lowest BCUT2D eigenvalue weighted by molar-refractivity contribution is -0.302. The van der Waals surface area contributed by atoms with E-state index in [0.29, 0.717) is 0 Å². The molecule has 2 atom stereocenters. The van der Waals surface area contributed by atoms with Gasteiger partial charge < -0.3 is 18.9 Å². The molecule has 12 heteroatoms. The number of hydrogen-bond acceptors (Lipinski definition) is 6. The molecule has 0 aliphatic carbocycles. The van der Waals surface area contributed by atoms with Crippen molar-refractivity contribution >= 4 is 0 Å². The van der Waals surface area contributed by atoms with E-state index in [1.54, 1.807) is 0 Å². The van der Waals surface area contributed by atoms with Crippen LogP contribution in [0.1, 0.15) is 0 Å². The molecule has 0 saturated carbocycles. The summed E-state index contributed by atoms with van der Waals surface area (Å²) in [4.78, 5) is 1.79. The highest BCUT2D eigenvalue weighted by atomic mass is 19.3. The van der Waals surface area contributed by atoms with Crippen LogP contribution < -0.4 is 0 Å². The van der Waals surface area contributed by atoms with E-state index in [2.05, 4.69) is 9.47 Å². The molecule has 2 aliphatic rings. The van der Waals surface area contributed by atoms with Crippen molar-refractivity contribution in [3.05, 3.63) is 12.2 Å². The molecule has 2 rings (SSSR count). The van der Waals surface area contributed by atoms with Crippen LogP contribution >= 0.6 is 0 Å². The molecule has 0 aromatic rings. The molecule has 2 unspecified atom stereocenters. The first kappa shape index (κ1) is 23.4. The van der Waals surface area contributed by atoms with E-state index in [9.17, 15) is 26.3 Å². The Morgan fingerprint density at radius 2 is 1.04 bits per heavy atom. The Kier molecular flexibility index (Phi) is 8.96. The third-order valence-corrected chi connectivity index (χ3v) is 4.20. The quantitative estimate of drug-likeness (QED) is 0.305. The lowest BCUT2D eigenvalue weighted by Crippen LogP contribution is -2.51. The van der Waals surface area contributed by atoms with Gasteiger partial charge in [0.05, 0.1) is 39.6 Å². The van der Waals surface area contributed by atoms with E-state index in [1.165, 1.54) is 0 Å². The smallest absolute Gasteiger partial charge is 0.379 e. The Labute approximate surface area is 158 Å². The molecule has 2 heterocycles. The van der Waals surface area contributed by atoms with Gasteiger partial charge >= 0.3 is 12.2 Å². The van der Waals surface area contributed by atoms with Gasteiger partial charge in [0.1, 0.15) is 0 Å². The van der Waals surface area contributed by atoms with E-state index in [1.807, 2.05) is 0 Å². The number of morpholine rings is 2. The number of ether oxygens (including phenoxy) is 4. The standard InChI is InChI=1S/C16H24F6N2O4/c17-13(23-3-9-25-10-4-23)15(19,20)27-7-1-2-8-28-16(21,22)14(18)24-5-11-26-12-6-24/h1-2,13-14H,3-12H2. The van der Waals surface area contributed by atoms with E-state index in [-0.39, 0.29) is 52.6 Å². The normalized spacial score (nSPS) is 23.2. The van der Waals surface area contributed by atoms with E-state index in [0.717, 1.165) is 22.0 Å². The van der Waals surface area contributed by atoms with Gasteiger partial charge in [0.2, 0.25) is 12.6 Å². The van der Waals surface area contributed by atoms with Crippen LogP contribution in [0.2, 0.25) is 0 Å². The second kappa shape index (κ2) is 10.7. The summed E-state index contributed by atoms with van der Waals surface area (Å²) < 4.78 is 101. The highest BCUT2D eigenvalue weighted by Crippen LogP contribution is 2.28. The van der Waals surface area contributed by atoms with Gasteiger partial charge in [0.15, 0.2) is 0 Å². The van der Waals surface area contributed by atoms with Crippen molar-refractivity contribution in [2.24, 2.45) is 0 Å². The zero-order valence-corrected chi connectivity index (χ0v) is 15.2. The molecule has 2 aliphatic heterocycles. The molecule has 2 fully saturated rings. The molecule has 0 amide bonds. The van der Waals surface area contributed by atoms with Crippen LogP contribution in [0, 0.1) is 0 Å². The van der Waals surface area contributed by atoms with Crippen LogP contribution in [0.25, 0.3) is 0 Å². The topological polar surface area (TPSA) is 43.4 Å². The van der Waals surface area contributed by atoms with Crippen LogP contribution in [-0.2, 0) is 18.9 Å². The molecule has 0 aromatic carbocycles. The molecule has 0 spiro atoms. The maximum atomic E-state index is 13.9. The number of hydrogen-bond donors (Lipinski definition) is 0. The van der Waals surface area contributed by atoms with Crippen molar-refractivity contribution in [1.82, 2.24) is 9.80 Å². The molecule has 0 N–H and O–H groups in total. The van der Waals surface area contributed by atoms with Crippen LogP contribution in [0.3, 0.4) is 0 Å². The highest BCUT2D eigenvalue weighted by molar-refractivity contribution is 4.84. The molecule has 6 nitrogen and oxygen atoms in total. The first-order valence-corrected chi connectivity index (χ1v) is 8.84. The number of rotatable bonds is 10. The van der Waals surface area contributed by atoms with Gasteiger partial charge in [-0.05, 0) is 0 Å². The minimum atomic E-state index is -4.08. The molecule has 2 saturated heterocycles. The first-order chi connectivity index (χ1) is 13.2. The van der Waals surface area contributed by atoms with E-state index >= 15 is 0 Å². The van der Waals surface area contributed by atoms with Crippen molar-refractivity contribution < 1.29 is 45.3 Å². The first-order valence-electron chi connectivity index (χ1n) is 8.84. The average molecular weight is 422 g/mol. The van der Waals surface area contributed by atoms with Crippen molar-refractivity contribution in [2.75, 3.05) is 65.8 Å². The van der Waals surface area contributed by atoms with E-state index < -0.39 is 38.0 Å². The van der Waals surface area contributed by atoms with Crippen molar-refractivity contribution in [3.8, 4) is 0 Å². The summed E-state index contributed by atoms with van der Waals surface area (Å²) >= 11 is 0. The maximum Gasteiger partial charge on any atom is 0.400 e. The minimum absolute atomic E-state index is 0.00637. The summed E-state index contributed by atoms with van der Waals surface area (Å²) in [6, 6.07) is 0. The predicted octanol–water partition coefficient (Wildman–Crippen LogP) is 2.02. The summed E-state index contributed by atoms with van der Waals surface area (Å²) in [6.45, 7) is -0.865. The van der Waals surface area contributed by atoms with Gasteiger partial charge in [-0.25, -0.2) is 8.78 Å². The summed E-state index contributed by atoms with van der Waals surface area (Å²) in [7, 11) is 0. The molecule has 0 radical (unpaired) electrons. The molecule has 28 heavy (non-hydrogen) atoms. The number of alkyl halides is 6. The fourth-order valence-corrected chi connectivity index (χ4v) is 2.63. The lowest BCUT2D eigenvalue weighted by Gasteiger charge is -2.33. The maximum absolute atomic E-state index is 13.9. The molecule has 0 aromatic heterocycles. The largest absolute Gasteiger partial charge is 0.400 e. The number of halogens is 6. The molecular weight excluding hydrogens is 398 g/mol. The Morgan fingerprint density at radius 3 is 1.36 bits per heavy atom. The van der Waals surface area contributed by atoms with Crippen molar-refractivity contribution in [3.63, 3.8) is 0 Å². The average Bonchev–Trinajstić information content (AvgIpc) is 2.70. The Balaban J connectivity index is 1.69. The highest BCUT2D eigenvalue weighted by Gasteiger charge is 2.46. The summed E-state index contributed by atoms with van der Waals surface area (Å²) in [5.41, 5.74) is 0. The SMILES string of the molecule is FC(N1CCOCC1)C(F)(F)OCC=CCOC(F)(F)C(F)N1CCOCC1. The van der Waals surface area contributed by atoms with Gasteiger partial charge in [-0.15, -0.1) is 0 Å². The minimum Gasteiger partial charge on any atom is -0.379 e. The van der Waals surface area contributed by atoms with Gasteiger partial charge in [0, 0.05) is 26.2 Å². The monoisotopic (exact) mass is 422 g/mol. The van der Waals surface area contributed by atoms with Crippen LogP contribution in [0.4, 0.5) is 26.3 Å². The third kappa shape index (κ3) is 6.85. The van der Waals surface area contributed by atoms with Gasteiger partial charge in [0.25, 0.3) is 0 Å². The van der Waals surface area contributed by atoms with E-state index in [4.69, 9.17) is 9.47 Å². The third-order valence-electron chi connectivity index (χ3n) is 4.20. The van der Waals surface area contributed by atoms with Crippen LogP contribution in [0.15, 0.2) is 12.2 Å². The zero-order valence-electron chi connectivity index (χ0n) is 15.2. The molecule has 0 bridgehead atoms. The van der Waals surface area contributed by atoms with Crippen molar-refractivity contribution in [1.29, 1.82) is 0 Å². The fourth-order valence-electron chi connectivity index (χ4n) is 2.63.